The molecule has 1 amide bonds. The zero-order valence-corrected chi connectivity index (χ0v) is 17.3. The Balaban J connectivity index is 0.00000140. The summed E-state index contributed by atoms with van der Waals surface area (Å²) < 4.78 is 7.46. The number of amides is 1. The summed E-state index contributed by atoms with van der Waals surface area (Å²) in [6, 6.07) is 8.79. The predicted molar refractivity (Wildman–Crippen MR) is 112 cm³/mol. The lowest BCUT2D eigenvalue weighted by atomic mass is 9.89. The molecule has 2 unspecified atom stereocenters. The molecule has 9 heteroatoms. The minimum atomic E-state index is 0. The van der Waals surface area contributed by atoms with Crippen LogP contribution in [0.4, 0.5) is 5.69 Å². The highest BCUT2D eigenvalue weighted by atomic mass is 35.5. The van der Waals surface area contributed by atoms with E-state index < -0.39 is 0 Å². The number of fused-ring (bicyclic) bond motifs is 2. The first-order valence-corrected chi connectivity index (χ1v) is 9.36. The fraction of sp³-hybridized carbons (Fsp3) is 0.526. The van der Waals surface area contributed by atoms with Gasteiger partial charge >= 0.3 is 0 Å². The number of piperidine rings is 1. The van der Waals surface area contributed by atoms with Crippen molar-refractivity contribution in [2.75, 3.05) is 11.9 Å². The third-order valence-corrected chi connectivity index (χ3v) is 5.22. The lowest BCUT2D eigenvalue weighted by molar-refractivity contribution is -0.117. The Morgan fingerprint density at radius 3 is 2.75 bits per heavy atom. The number of halogens is 2. The predicted octanol–water partition coefficient (Wildman–Crippen LogP) is 3.06. The number of anilines is 1. The SMILES string of the molecule is Cl.Cl.O=C(CC1CC2CCC(C1)N2)Nc1cccc(OCCn2cncn2)c1. The highest BCUT2D eigenvalue weighted by Crippen LogP contribution is 2.32. The van der Waals surface area contributed by atoms with E-state index in [1.165, 1.54) is 19.2 Å². The van der Waals surface area contributed by atoms with Gasteiger partial charge < -0.3 is 15.4 Å². The molecule has 2 aromatic rings. The summed E-state index contributed by atoms with van der Waals surface area (Å²) >= 11 is 0. The van der Waals surface area contributed by atoms with Crippen LogP contribution in [0.1, 0.15) is 32.1 Å². The molecule has 28 heavy (non-hydrogen) atoms. The molecule has 154 valence electrons. The lowest BCUT2D eigenvalue weighted by Gasteiger charge is -2.28. The first kappa shape index (κ1) is 22.5. The van der Waals surface area contributed by atoms with Gasteiger partial charge in [-0.05, 0) is 43.7 Å². The summed E-state index contributed by atoms with van der Waals surface area (Å²) in [6.45, 7) is 1.13. The van der Waals surface area contributed by atoms with Crippen LogP contribution in [-0.2, 0) is 11.3 Å². The number of rotatable bonds is 7. The molecular formula is C19H27Cl2N5O2. The van der Waals surface area contributed by atoms with Crippen molar-refractivity contribution in [3.8, 4) is 5.75 Å². The van der Waals surface area contributed by atoms with Crippen molar-refractivity contribution in [2.45, 2.75) is 50.7 Å². The summed E-state index contributed by atoms with van der Waals surface area (Å²) in [6.07, 6.45) is 8.53. The fourth-order valence-electron chi connectivity index (χ4n) is 4.08. The van der Waals surface area contributed by atoms with Crippen molar-refractivity contribution in [1.29, 1.82) is 0 Å². The van der Waals surface area contributed by atoms with E-state index in [4.69, 9.17) is 4.74 Å². The van der Waals surface area contributed by atoms with Crippen LogP contribution in [0.15, 0.2) is 36.9 Å². The molecule has 0 saturated carbocycles. The van der Waals surface area contributed by atoms with E-state index >= 15 is 0 Å². The number of benzene rings is 1. The summed E-state index contributed by atoms with van der Waals surface area (Å²) in [5.74, 6) is 1.33. The van der Waals surface area contributed by atoms with Crippen LogP contribution >= 0.6 is 24.8 Å². The number of nitrogens with zero attached hydrogens (tertiary/aromatic N) is 3. The smallest absolute Gasteiger partial charge is 0.224 e. The van der Waals surface area contributed by atoms with Gasteiger partial charge in [-0.3, -0.25) is 4.79 Å². The average molecular weight is 428 g/mol. The van der Waals surface area contributed by atoms with E-state index in [-0.39, 0.29) is 30.7 Å². The van der Waals surface area contributed by atoms with Gasteiger partial charge in [-0.25, -0.2) is 9.67 Å². The van der Waals surface area contributed by atoms with E-state index in [0.29, 0.717) is 37.6 Å². The summed E-state index contributed by atoms with van der Waals surface area (Å²) in [5.41, 5.74) is 0.783. The van der Waals surface area contributed by atoms with Crippen LogP contribution in [-0.4, -0.2) is 39.4 Å². The molecule has 2 bridgehead atoms. The number of aromatic nitrogens is 3. The second-order valence-corrected chi connectivity index (χ2v) is 7.26. The van der Waals surface area contributed by atoms with Gasteiger partial charge in [0.25, 0.3) is 0 Å². The van der Waals surface area contributed by atoms with Crippen LogP contribution in [0.5, 0.6) is 5.75 Å². The van der Waals surface area contributed by atoms with E-state index in [1.807, 2.05) is 24.3 Å². The standard InChI is InChI=1S/C19H25N5O2.2ClH/c25-19(10-14-8-16-4-5-17(9-14)22-16)23-15-2-1-3-18(11-15)26-7-6-24-13-20-12-21-24;;/h1-3,11-14,16-17,22H,4-10H2,(H,23,25);2*1H. The molecule has 2 aliphatic heterocycles. The maximum Gasteiger partial charge on any atom is 0.224 e. The monoisotopic (exact) mass is 427 g/mol. The summed E-state index contributed by atoms with van der Waals surface area (Å²) in [7, 11) is 0. The highest BCUT2D eigenvalue weighted by molar-refractivity contribution is 5.91. The number of carbonyl (C=O) groups is 1. The molecule has 2 fully saturated rings. The Bertz CT molecular complexity index is 732. The van der Waals surface area contributed by atoms with E-state index in [2.05, 4.69) is 20.7 Å². The van der Waals surface area contributed by atoms with Crippen molar-refractivity contribution in [1.82, 2.24) is 20.1 Å². The van der Waals surface area contributed by atoms with Gasteiger partial charge in [0.05, 0.1) is 6.54 Å². The fourth-order valence-corrected chi connectivity index (χ4v) is 4.08. The molecule has 0 aliphatic carbocycles. The Hall–Kier alpha value is -1.83. The number of hydrogen-bond donors (Lipinski definition) is 2. The molecule has 1 aromatic heterocycles. The Labute approximate surface area is 177 Å². The third kappa shape index (κ3) is 6.09. The maximum atomic E-state index is 12.4. The molecule has 3 heterocycles. The van der Waals surface area contributed by atoms with E-state index in [9.17, 15) is 4.79 Å². The van der Waals surface area contributed by atoms with Crippen LogP contribution in [0, 0.1) is 5.92 Å². The van der Waals surface area contributed by atoms with Crippen molar-refractivity contribution >= 4 is 36.4 Å². The second kappa shape index (κ2) is 10.6. The number of hydrogen-bond acceptors (Lipinski definition) is 5. The van der Waals surface area contributed by atoms with Gasteiger partial charge in [0.15, 0.2) is 0 Å². The quantitative estimate of drug-likeness (QED) is 0.709. The summed E-state index contributed by atoms with van der Waals surface area (Å²) in [5, 5.41) is 10.7. The van der Waals surface area contributed by atoms with Gasteiger partial charge in [0.1, 0.15) is 25.0 Å². The first-order chi connectivity index (χ1) is 12.7. The van der Waals surface area contributed by atoms with Crippen molar-refractivity contribution < 1.29 is 9.53 Å². The Kier molecular flexibility index (Phi) is 8.54. The molecule has 7 nitrogen and oxygen atoms in total. The molecular weight excluding hydrogens is 401 g/mol. The van der Waals surface area contributed by atoms with Crippen molar-refractivity contribution in [2.24, 2.45) is 5.92 Å². The number of ether oxygens (including phenoxy) is 1. The molecule has 0 spiro atoms. The molecule has 1 aromatic carbocycles. The molecule has 4 rings (SSSR count). The second-order valence-electron chi connectivity index (χ2n) is 7.26. The number of carbonyl (C=O) groups excluding carboxylic acids is 1. The first-order valence-electron chi connectivity index (χ1n) is 9.36. The largest absolute Gasteiger partial charge is 0.492 e. The molecule has 2 aliphatic rings. The molecule has 2 N–H and O–H groups in total. The van der Waals surface area contributed by atoms with Crippen LogP contribution in [0.25, 0.3) is 0 Å². The minimum absolute atomic E-state index is 0. The summed E-state index contributed by atoms with van der Waals surface area (Å²) in [4.78, 5) is 16.3. The highest BCUT2D eigenvalue weighted by Gasteiger charge is 2.34. The van der Waals surface area contributed by atoms with Crippen molar-refractivity contribution in [3.05, 3.63) is 36.9 Å². The number of nitrogens with one attached hydrogen (secondary N) is 2. The van der Waals surface area contributed by atoms with Crippen molar-refractivity contribution in [3.63, 3.8) is 0 Å². The van der Waals surface area contributed by atoms with Gasteiger partial charge in [-0.2, -0.15) is 5.10 Å². The van der Waals surface area contributed by atoms with Gasteiger partial charge in [-0.1, -0.05) is 6.07 Å². The van der Waals surface area contributed by atoms with Gasteiger partial charge in [0.2, 0.25) is 5.91 Å². The third-order valence-electron chi connectivity index (χ3n) is 5.22. The van der Waals surface area contributed by atoms with E-state index in [1.54, 1.807) is 11.0 Å². The van der Waals surface area contributed by atoms with Gasteiger partial charge in [0, 0.05) is 30.3 Å². The zero-order valence-electron chi connectivity index (χ0n) is 15.6. The zero-order chi connectivity index (χ0) is 17.8. The minimum Gasteiger partial charge on any atom is -0.492 e. The Morgan fingerprint density at radius 1 is 1.25 bits per heavy atom. The van der Waals surface area contributed by atoms with E-state index in [0.717, 1.165) is 24.3 Å². The van der Waals surface area contributed by atoms with Gasteiger partial charge in [-0.15, -0.1) is 24.8 Å². The molecule has 2 atom stereocenters. The van der Waals surface area contributed by atoms with Crippen LogP contribution in [0.3, 0.4) is 0 Å². The van der Waals surface area contributed by atoms with Crippen LogP contribution < -0.4 is 15.4 Å². The molecule has 2 saturated heterocycles. The van der Waals surface area contributed by atoms with Crippen LogP contribution in [0.2, 0.25) is 0 Å². The average Bonchev–Trinajstić information content (AvgIpc) is 3.25. The maximum absolute atomic E-state index is 12.4. The molecule has 0 radical (unpaired) electrons. The normalized spacial score (nSPS) is 22.6. The lowest BCUT2D eigenvalue weighted by Crippen LogP contribution is -2.39. The Morgan fingerprint density at radius 2 is 2.04 bits per heavy atom. The topological polar surface area (TPSA) is 81.1 Å².